The van der Waals surface area contributed by atoms with Crippen molar-refractivity contribution < 1.29 is 9.53 Å². The molecule has 3 rings (SSSR count). The van der Waals surface area contributed by atoms with E-state index in [1.807, 2.05) is 30.6 Å². The summed E-state index contributed by atoms with van der Waals surface area (Å²) in [6.07, 6.45) is 1.16. The number of ether oxygens (including phenoxy) is 1. The maximum atomic E-state index is 12.1. The summed E-state index contributed by atoms with van der Waals surface area (Å²) in [6.45, 7) is 2.40. The summed E-state index contributed by atoms with van der Waals surface area (Å²) in [5.74, 6) is 0.760. The van der Waals surface area contributed by atoms with Crippen LogP contribution in [0.1, 0.15) is 28.6 Å². The first-order valence-corrected chi connectivity index (χ1v) is 8.00. The van der Waals surface area contributed by atoms with E-state index in [4.69, 9.17) is 16.3 Å². The number of nitrogens with one attached hydrogen (secondary N) is 1. The molecule has 21 heavy (non-hydrogen) atoms. The molecule has 1 aromatic carbocycles. The van der Waals surface area contributed by atoms with Crippen LogP contribution in [0.5, 0.6) is 5.75 Å². The van der Waals surface area contributed by atoms with E-state index in [0.29, 0.717) is 24.5 Å². The van der Waals surface area contributed by atoms with Crippen molar-refractivity contribution >= 4 is 28.8 Å². The molecule has 1 unspecified atom stereocenters. The zero-order valence-electron chi connectivity index (χ0n) is 11.6. The Morgan fingerprint density at radius 1 is 1.57 bits per heavy atom. The maximum Gasteiger partial charge on any atom is 0.220 e. The quantitative estimate of drug-likeness (QED) is 0.939. The van der Waals surface area contributed by atoms with Crippen LogP contribution in [-0.2, 0) is 11.2 Å². The average Bonchev–Trinajstić information content (AvgIpc) is 3.04. The number of hydrogen-bond acceptors (Lipinski definition) is 4. The Labute approximate surface area is 132 Å². The highest BCUT2D eigenvalue weighted by atomic mass is 35.5. The molecule has 1 aliphatic heterocycles. The standard InChI is InChI=1S/C15H15ClN2O2S/c1-9-13(21-8-17-9)5-6-14(19)18-11-7-20-12-4-2-3-10(16)15(11)12/h2-4,8,11H,5-7H2,1H3,(H,18,19). The lowest BCUT2D eigenvalue weighted by Crippen LogP contribution is -2.29. The maximum absolute atomic E-state index is 12.1. The molecule has 0 aliphatic carbocycles. The number of aryl methyl sites for hydroxylation is 2. The molecule has 1 aliphatic rings. The van der Waals surface area contributed by atoms with E-state index in [1.54, 1.807) is 11.3 Å². The van der Waals surface area contributed by atoms with Crippen molar-refractivity contribution in [1.29, 1.82) is 0 Å². The van der Waals surface area contributed by atoms with Crippen LogP contribution in [0.3, 0.4) is 0 Å². The topological polar surface area (TPSA) is 51.2 Å². The van der Waals surface area contributed by atoms with E-state index < -0.39 is 0 Å². The third-order valence-corrected chi connectivity index (χ3v) is 4.85. The largest absolute Gasteiger partial charge is 0.491 e. The minimum atomic E-state index is -0.163. The Kier molecular flexibility index (Phi) is 4.12. The van der Waals surface area contributed by atoms with Gasteiger partial charge < -0.3 is 10.1 Å². The number of benzene rings is 1. The Balaban J connectivity index is 1.61. The molecule has 0 saturated heterocycles. The van der Waals surface area contributed by atoms with Gasteiger partial charge in [-0.2, -0.15) is 0 Å². The summed E-state index contributed by atoms with van der Waals surface area (Å²) in [5.41, 5.74) is 3.69. The summed E-state index contributed by atoms with van der Waals surface area (Å²) in [6, 6.07) is 5.37. The molecule has 1 N–H and O–H groups in total. The molecular weight excluding hydrogens is 308 g/mol. The summed E-state index contributed by atoms with van der Waals surface area (Å²) in [7, 11) is 0. The minimum Gasteiger partial charge on any atom is -0.491 e. The zero-order valence-corrected chi connectivity index (χ0v) is 13.1. The molecule has 1 aromatic heterocycles. The van der Waals surface area contributed by atoms with Gasteiger partial charge in [-0.3, -0.25) is 4.79 Å². The smallest absolute Gasteiger partial charge is 0.220 e. The third kappa shape index (κ3) is 3.04. The number of amides is 1. The van der Waals surface area contributed by atoms with Gasteiger partial charge in [-0.15, -0.1) is 11.3 Å². The van der Waals surface area contributed by atoms with Gasteiger partial charge in [0, 0.05) is 21.9 Å². The van der Waals surface area contributed by atoms with Crippen molar-refractivity contribution in [2.24, 2.45) is 0 Å². The van der Waals surface area contributed by atoms with Gasteiger partial charge in [0.25, 0.3) is 0 Å². The number of carbonyl (C=O) groups is 1. The number of thiazole rings is 1. The van der Waals surface area contributed by atoms with E-state index in [1.165, 1.54) is 0 Å². The van der Waals surface area contributed by atoms with Crippen LogP contribution in [0.15, 0.2) is 23.7 Å². The molecule has 2 heterocycles. The Hall–Kier alpha value is -1.59. The average molecular weight is 323 g/mol. The number of nitrogens with zero attached hydrogens (tertiary/aromatic N) is 1. The second-order valence-electron chi connectivity index (χ2n) is 4.94. The molecule has 0 radical (unpaired) electrons. The second kappa shape index (κ2) is 6.03. The first-order chi connectivity index (χ1) is 10.1. The molecule has 0 saturated carbocycles. The number of rotatable bonds is 4. The molecule has 1 atom stereocenters. The fourth-order valence-electron chi connectivity index (χ4n) is 2.41. The minimum absolute atomic E-state index is 0.00386. The van der Waals surface area contributed by atoms with Crippen molar-refractivity contribution in [3.8, 4) is 5.75 Å². The predicted molar refractivity (Wildman–Crippen MR) is 83.0 cm³/mol. The number of fused-ring (bicyclic) bond motifs is 1. The van der Waals surface area contributed by atoms with Crippen LogP contribution in [0, 0.1) is 6.92 Å². The molecule has 110 valence electrons. The van der Waals surface area contributed by atoms with E-state index in [-0.39, 0.29) is 11.9 Å². The van der Waals surface area contributed by atoms with Crippen molar-refractivity contribution in [2.75, 3.05) is 6.61 Å². The van der Waals surface area contributed by atoms with Gasteiger partial charge in [-0.25, -0.2) is 4.98 Å². The van der Waals surface area contributed by atoms with Crippen LogP contribution >= 0.6 is 22.9 Å². The summed E-state index contributed by atoms with van der Waals surface area (Å²) in [5, 5.41) is 3.63. The van der Waals surface area contributed by atoms with Gasteiger partial charge >= 0.3 is 0 Å². The van der Waals surface area contributed by atoms with Crippen LogP contribution < -0.4 is 10.1 Å². The molecule has 0 spiro atoms. The first kappa shape index (κ1) is 14.4. The molecule has 0 bridgehead atoms. The highest BCUT2D eigenvalue weighted by Crippen LogP contribution is 2.37. The van der Waals surface area contributed by atoms with E-state index in [9.17, 15) is 4.79 Å². The molecular formula is C15H15ClN2O2S. The molecule has 2 aromatic rings. The number of hydrogen-bond donors (Lipinski definition) is 1. The van der Waals surface area contributed by atoms with E-state index in [0.717, 1.165) is 21.9 Å². The fourth-order valence-corrected chi connectivity index (χ4v) is 3.49. The van der Waals surface area contributed by atoms with Crippen molar-refractivity contribution in [2.45, 2.75) is 25.8 Å². The Morgan fingerprint density at radius 2 is 2.43 bits per heavy atom. The molecule has 6 heteroatoms. The van der Waals surface area contributed by atoms with E-state index in [2.05, 4.69) is 10.3 Å². The summed E-state index contributed by atoms with van der Waals surface area (Å²) >= 11 is 7.78. The Bertz CT molecular complexity index is 671. The normalized spacial score (nSPS) is 16.4. The van der Waals surface area contributed by atoms with Crippen molar-refractivity contribution in [1.82, 2.24) is 10.3 Å². The number of carbonyl (C=O) groups excluding carboxylic acids is 1. The van der Waals surface area contributed by atoms with Crippen molar-refractivity contribution in [3.63, 3.8) is 0 Å². The van der Waals surface area contributed by atoms with Crippen LogP contribution in [0.25, 0.3) is 0 Å². The lowest BCUT2D eigenvalue weighted by atomic mass is 10.1. The van der Waals surface area contributed by atoms with Gasteiger partial charge in [0.15, 0.2) is 0 Å². The van der Waals surface area contributed by atoms with Gasteiger partial charge in [0.2, 0.25) is 5.91 Å². The first-order valence-electron chi connectivity index (χ1n) is 6.74. The number of aromatic nitrogens is 1. The lowest BCUT2D eigenvalue weighted by Gasteiger charge is -2.12. The molecule has 0 fully saturated rings. The Morgan fingerprint density at radius 3 is 3.19 bits per heavy atom. The van der Waals surface area contributed by atoms with Gasteiger partial charge in [-0.1, -0.05) is 17.7 Å². The third-order valence-electron chi connectivity index (χ3n) is 3.53. The van der Waals surface area contributed by atoms with Crippen molar-refractivity contribution in [3.05, 3.63) is 44.9 Å². The predicted octanol–water partition coefficient (Wildman–Crippen LogP) is 3.29. The highest BCUT2D eigenvalue weighted by molar-refractivity contribution is 7.09. The van der Waals surface area contributed by atoms with Gasteiger partial charge in [0.1, 0.15) is 12.4 Å². The highest BCUT2D eigenvalue weighted by Gasteiger charge is 2.27. The lowest BCUT2D eigenvalue weighted by molar-refractivity contribution is -0.121. The monoisotopic (exact) mass is 322 g/mol. The van der Waals surface area contributed by atoms with E-state index >= 15 is 0 Å². The zero-order chi connectivity index (χ0) is 14.8. The van der Waals surface area contributed by atoms with Gasteiger partial charge in [-0.05, 0) is 25.5 Å². The van der Waals surface area contributed by atoms with Crippen LogP contribution in [-0.4, -0.2) is 17.5 Å². The number of halogens is 1. The van der Waals surface area contributed by atoms with Crippen LogP contribution in [0.4, 0.5) is 0 Å². The molecule has 1 amide bonds. The second-order valence-corrected chi connectivity index (χ2v) is 6.29. The van der Waals surface area contributed by atoms with Crippen LogP contribution in [0.2, 0.25) is 5.02 Å². The SMILES string of the molecule is Cc1ncsc1CCC(=O)NC1COc2cccc(Cl)c21. The molecule has 4 nitrogen and oxygen atoms in total. The fraction of sp³-hybridized carbons (Fsp3) is 0.333. The van der Waals surface area contributed by atoms with Gasteiger partial charge in [0.05, 0.1) is 17.2 Å². The summed E-state index contributed by atoms with van der Waals surface area (Å²) in [4.78, 5) is 17.4. The summed E-state index contributed by atoms with van der Waals surface area (Å²) < 4.78 is 5.56.